The van der Waals surface area contributed by atoms with Gasteiger partial charge in [-0.25, -0.2) is 13.6 Å². The van der Waals surface area contributed by atoms with Crippen LogP contribution in [0.15, 0.2) is 40.3 Å². The van der Waals surface area contributed by atoms with E-state index in [0.717, 1.165) is 10.1 Å². The third-order valence-electron chi connectivity index (χ3n) is 3.15. The van der Waals surface area contributed by atoms with Crippen molar-refractivity contribution in [1.82, 2.24) is 9.55 Å². The monoisotopic (exact) mass is 331 g/mol. The molecule has 2 rings (SSSR count). The lowest BCUT2D eigenvalue weighted by atomic mass is 10.1. The number of rotatable bonds is 3. The Bertz CT molecular complexity index is 715. The molecule has 118 valence electrons. The van der Waals surface area contributed by atoms with Crippen molar-refractivity contribution >= 4 is 23.5 Å². The number of anilines is 1. The van der Waals surface area contributed by atoms with Crippen molar-refractivity contribution in [2.75, 3.05) is 12.3 Å². The molecule has 1 aliphatic rings. The molecular formula is C13H12ClF2N3O3. The maximum atomic E-state index is 13.1. The Morgan fingerprint density at radius 1 is 1.45 bits per heavy atom. The van der Waals surface area contributed by atoms with Gasteiger partial charge in [-0.3, -0.25) is 4.57 Å². The van der Waals surface area contributed by atoms with E-state index in [1.54, 1.807) is 0 Å². The second kappa shape index (κ2) is 6.82. The van der Waals surface area contributed by atoms with Gasteiger partial charge in [-0.15, -0.1) is 0 Å². The molecule has 6 nitrogen and oxygen atoms in total. The van der Waals surface area contributed by atoms with Crippen LogP contribution in [0, 0.1) is 0 Å². The molecule has 0 spiro atoms. The Balaban J connectivity index is 2.56. The van der Waals surface area contributed by atoms with Crippen LogP contribution < -0.4 is 11.4 Å². The molecule has 0 radical (unpaired) electrons. The molecule has 0 aromatic carbocycles. The normalized spacial score (nSPS) is 25.6. The van der Waals surface area contributed by atoms with Crippen LogP contribution >= 0.6 is 11.6 Å². The lowest BCUT2D eigenvalue weighted by molar-refractivity contribution is -0.00860. The lowest BCUT2D eigenvalue weighted by Crippen LogP contribution is -2.29. The number of aliphatic hydroxyl groups excluding tert-OH is 1. The summed E-state index contributed by atoms with van der Waals surface area (Å²) in [5.74, 6) is -0.0677. The molecule has 2 atom stereocenters. The fourth-order valence-electron chi connectivity index (χ4n) is 2.10. The summed E-state index contributed by atoms with van der Waals surface area (Å²) in [6.07, 6.45) is 0.518. The van der Waals surface area contributed by atoms with Crippen molar-refractivity contribution in [1.29, 1.82) is 0 Å². The summed E-state index contributed by atoms with van der Waals surface area (Å²) in [6.45, 7) is -0.574. The molecule has 1 aliphatic heterocycles. The first-order valence-electron chi connectivity index (χ1n) is 6.10. The maximum Gasteiger partial charge on any atom is 0.351 e. The largest absolute Gasteiger partial charge is 0.393 e. The minimum absolute atomic E-state index is 0.0677. The number of nitrogens with zero attached hydrogens (tertiary/aromatic N) is 2. The van der Waals surface area contributed by atoms with Gasteiger partial charge in [-0.1, -0.05) is 11.6 Å². The van der Waals surface area contributed by atoms with Crippen molar-refractivity contribution in [3.05, 3.63) is 51.6 Å². The van der Waals surface area contributed by atoms with E-state index < -0.39 is 24.6 Å². The summed E-state index contributed by atoms with van der Waals surface area (Å²) in [5.41, 5.74) is 5.81. The SMILES string of the molecule is Nc1nc(=O)n(C2OC(CO)C(=C/F)/C2=C\F)cc1/C=C/Cl. The Morgan fingerprint density at radius 2 is 2.14 bits per heavy atom. The molecule has 1 aromatic rings. The van der Waals surface area contributed by atoms with Crippen LogP contribution in [-0.2, 0) is 4.74 Å². The number of hydrogen-bond donors (Lipinski definition) is 2. The standard InChI is InChI=1S/C13H12ClF2N3O3/c14-2-1-7-5-19(13(21)18-11(7)17)12-9(4-16)8(3-15)10(6-20)22-12/h1-5,10,12,20H,6H2,(H2,17,18,21)/b2-1+,8-3+,9-4+. The first kappa shape index (κ1) is 16.3. The molecule has 1 fully saturated rings. The molecule has 9 heteroatoms. The molecule has 0 bridgehead atoms. The van der Waals surface area contributed by atoms with Gasteiger partial charge in [0.2, 0.25) is 0 Å². The summed E-state index contributed by atoms with van der Waals surface area (Å²) in [4.78, 5) is 15.5. The smallest absolute Gasteiger partial charge is 0.351 e. The predicted molar refractivity (Wildman–Crippen MR) is 77.2 cm³/mol. The van der Waals surface area contributed by atoms with Crippen molar-refractivity contribution in [3.8, 4) is 0 Å². The van der Waals surface area contributed by atoms with E-state index in [2.05, 4.69) is 4.98 Å². The molecular weight excluding hydrogens is 320 g/mol. The maximum absolute atomic E-state index is 13.1. The van der Waals surface area contributed by atoms with Gasteiger partial charge in [0.05, 0.1) is 19.3 Å². The second-order valence-corrected chi connectivity index (χ2v) is 4.60. The van der Waals surface area contributed by atoms with E-state index in [1.165, 1.54) is 12.3 Å². The van der Waals surface area contributed by atoms with E-state index in [-0.39, 0.29) is 29.6 Å². The number of hydrogen-bond acceptors (Lipinski definition) is 5. The average Bonchev–Trinajstić information content (AvgIpc) is 2.87. The minimum Gasteiger partial charge on any atom is -0.393 e. The van der Waals surface area contributed by atoms with Gasteiger partial charge in [-0.2, -0.15) is 4.98 Å². The number of nitrogens with two attached hydrogens (primary N) is 1. The second-order valence-electron chi connectivity index (χ2n) is 4.35. The summed E-state index contributed by atoms with van der Waals surface area (Å²) in [5, 5.41) is 9.16. The van der Waals surface area contributed by atoms with Crippen LogP contribution in [0.25, 0.3) is 6.08 Å². The fourth-order valence-corrected chi connectivity index (χ4v) is 2.23. The van der Waals surface area contributed by atoms with Gasteiger partial charge < -0.3 is 15.6 Å². The van der Waals surface area contributed by atoms with Crippen molar-refractivity contribution in [2.24, 2.45) is 0 Å². The van der Waals surface area contributed by atoms with Crippen LogP contribution in [0.1, 0.15) is 11.8 Å². The lowest BCUT2D eigenvalue weighted by Gasteiger charge is -2.15. The zero-order valence-electron chi connectivity index (χ0n) is 11.1. The number of aromatic nitrogens is 2. The quantitative estimate of drug-likeness (QED) is 0.878. The summed E-state index contributed by atoms with van der Waals surface area (Å²) in [6, 6.07) is 0. The highest BCUT2D eigenvalue weighted by molar-refractivity contribution is 6.27. The molecule has 0 aliphatic carbocycles. The minimum atomic E-state index is -1.27. The molecule has 22 heavy (non-hydrogen) atoms. The molecule has 0 saturated carbocycles. The predicted octanol–water partition coefficient (Wildman–Crippen LogP) is 1.63. The Morgan fingerprint density at radius 3 is 2.68 bits per heavy atom. The number of aliphatic hydroxyl groups is 1. The van der Waals surface area contributed by atoms with E-state index in [9.17, 15) is 13.6 Å². The highest BCUT2D eigenvalue weighted by Gasteiger charge is 2.37. The van der Waals surface area contributed by atoms with Gasteiger partial charge in [0.25, 0.3) is 0 Å². The number of ether oxygens (including phenoxy) is 1. The Labute approximate surface area is 128 Å². The zero-order chi connectivity index (χ0) is 16.3. The van der Waals surface area contributed by atoms with Gasteiger partial charge >= 0.3 is 5.69 Å². The van der Waals surface area contributed by atoms with Crippen LogP contribution in [0.5, 0.6) is 0 Å². The summed E-state index contributed by atoms with van der Waals surface area (Å²) >= 11 is 5.46. The molecule has 0 amide bonds. The highest BCUT2D eigenvalue weighted by Crippen LogP contribution is 2.38. The van der Waals surface area contributed by atoms with Crippen molar-refractivity contribution in [2.45, 2.75) is 12.3 Å². The third-order valence-corrected chi connectivity index (χ3v) is 3.27. The topological polar surface area (TPSA) is 90.4 Å². The van der Waals surface area contributed by atoms with Crippen LogP contribution in [0.4, 0.5) is 14.6 Å². The molecule has 3 N–H and O–H groups in total. The first-order chi connectivity index (χ1) is 10.6. The molecule has 1 aromatic heterocycles. The van der Waals surface area contributed by atoms with E-state index in [1.807, 2.05) is 0 Å². The molecule has 2 unspecified atom stereocenters. The Hall–Kier alpha value is -2.03. The Kier molecular flexibility index (Phi) is 5.07. The van der Waals surface area contributed by atoms with Gasteiger partial charge in [0, 0.05) is 28.4 Å². The zero-order valence-corrected chi connectivity index (χ0v) is 11.9. The van der Waals surface area contributed by atoms with Gasteiger partial charge in [0.1, 0.15) is 11.9 Å². The highest BCUT2D eigenvalue weighted by atomic mass is 35.5. The molecule has 1 saturated heterocycles. The van der Waals surface area contributed by atoms with Crippen molar-refractivity contribution < 1.29 is 18.6 Å². The number of nitrogen functional groups attached to an aromatic ring is 1. The van der Waals surface area contributed by atoms with Crippen LogP contribution in [-0.4, -0.2) is 27.4 Å². The number of halogens is 3. The van der Waals surface area contributed by atoms with E-state index in [0.29, 0.717) is 5.56 Å². The third kappa shape index (κ3) is 2.80. The average molecular weight is 332 g/mol. The van der Waals surface area contributed by atoms with Crippen molar-refractivity contribution in [3.63, 3.8) is 0 Å². The van der Waals surface area contributed by atoms with E-state index >= 15 is 0 Å². The van der Waals surface area contributed by atoms with Gasteiger partial charge in [0.15, 0.2) is 6.23 Å². The first-order valence-corrected chi connectivity index (χ1v) is 6.53. The van der Waals surface area contributed by atoms with Crippen LogP contribution in [0.2, 0.25) is 0 Å². The van der Waals surface area contributed by atoms with Crippen LogP contribution in [0.3, 0.4) is 0 Å². The molecule has 2 heterocycles. The van der Waals surface area contributed by atoms with Gasteiger partial charge in [-0.05, 0) is 6.08 Å². The summed E-state index contributed by atoms with van der Waals surface area (Å²) < 4.78 is 32.3. The fraction of sp³-hybridized carbons (Fsp3) is 0.231. The summed E-state index contributed by atoms with van der Waals surface area (Å²) in [7, 11) is 0. The van der Waals surface area contributed by atoms with E-state index in [4.69, 9.17) is 27.2 Å².